The molecule has 3 nitrogen and oxygen atoms in total. The molecule has 108 valence electrons. The van der Waals surface area contributed by atoms with Gasteiger partial charge in [0.25, 0.3) is 0 Å². The van der Waals surface area contributed by atoms with E-state index in [0.717, 1.165) is 26.1 Å². The molecular weight excluding hydrogens is 242 g/mol. The third-order valence-electron chi connectivity index (χ3n) is 3.66. The Morgan fingerprint density at radius 2 is 2.11 bits per heavy atom. The Labute approximate surface area is 114 Å². The largest absolute Gasteiger partial charge is 0.389 e. The molecule has 18 heavy (non-hydrogen) atoms. The smallest absolute Gasteiger partial charge is 0.0900 e. The van der Waals surface area contributed by atoms with Crippen LogP contribution in [0.25, 0.3) is 0 Å². The zero-order valence-corrected chi connectivity index (χ0v) is 13.6. The second kappa shape index (κ2) is 7.63. The van der Waals surface area contributed by atoms with Crippen LogP contribution < -0.4 is 0 Å². The number of rotatable bonds is 8. The molecule has 1 fully saturated rings. The predicted molar refractivity (Wildman–Crippen MR) is 79.9 cm³/mol. The number of aliphatic hydroxyl groups excluding tert-OH is 1. The predicted octanol–water partition coefficient (Wildman–Crippen LogP) is 2.58. The number of ether oxygens (including phenoxy) is 1. The summed E-state index contributed by atoms with van der Waals surface area (Å²) in [4.78, 5) is 2.37. The van der Waals surface area contributed by atoms with Crippen LogP contribution in [0.1, 0.15) is 26.2 Å². The minimum Gasteiger partial charge on any atom is -0.389 e. The lowest BCUT2D eigenvalue weighted by atomic mass is 10.2. The lowest BCUT2D eigenvalue weighted by Crippen LogP contribution is -2.36. The Kier molecular flexibility index (Phi) is 6.85. The van der Waals surface area contributed by atoms with Gasteiger partial charge in [-0.1, -0.05) is 25.7 Å². The number of β-amino-alcohol motifs (C(OH)–C–C–N with tert-alkyl or cyclic N) is 1. The van der Waals surface area contributed by atoms with E-state index in [1.54, 1.807) is 0 Å². The Balaban J connectivity index is 2.01. The number of likely N-dealkylation sites (tertiary alicyclic amines) is 1. The minimum atomic E-state index is -0.924. The van der Waals surface area contributed by atoms with Crippen LogP contribution in [0.3, 0.4) is 0 Å². The van der Waals surface area contributed by atoms with Crippen LogP contribution in [-0.4, -0.2) is 56.5 Å². The molecule has 0 aromatic rings. The van der Waals surface area contributed by atoms with E-state index in [1.807, 2.05) is 0 Å². The second-order valence-corrected chi connectivity index (χ2v) is 12.5. The maximum Gasteiger partial charge on any atom is 0.0900 e. The van der Waals surface area contributed by atoms with Crippen molar-refractivity contribution in [2.75, 3.05) is 26.3 Å². The third-order valence-corrected chi connectivity index (χ3v) is 5.52. The molecule has 0 aromatic heterocycles. The van der Waals surface area contributed by atoms with E-state index in [2.05, 4.69) is 31.5 Å². The van der Waals surface area contributed by atoms with Crippen molar-refractivity contribution in [2.24, 2.45) is 0 Å². The van der Waals surface area contributed by atoms with Crippen LogP contribution in [-0.2, 0) is 4.74 Å². The van der Waals surface area contributed by atoms with Crippen LogP contribution in [0.4, 0.5) is 0 Å². The quantitative estimate of drug-likeness (QED) is 0.545. The van der Waals surface area contributed by atoms with E-state index in [4.69, 9.17) is 4.74 Å². The number of hydrogen-bond donors (Lipinski definition) is 1. The van der Waals surface area contributed by atoms with E-state index < -0.39 is 8.07 Å². The zero-order valence-electron chi connectivity index (χ0n) is 12.6. The maximum absolute atomic E-state index is 9.93. The maximum atomic E-state index is 9.93. The summed E-state index contributed by atoms with van der Waals surface area (Å²) >= 11 is 0. The van der Waals surface area contributed by atoms with Crippen LogP contribution in [0.15, 0.2) is 0 Å². The Hall–Kier alpha value is 0.0969. The fourth-order valence-corrected chi connectivity index (χ4v) is 3.72. The van der Waals surface area contributed by atoms with Crippen molar-refractivity contribution in [1.29, 1.82) is 0 Å². The summed E-state index contributed by atoms with van der Waals surface area (Å²) in [6, 6.07) is 1.94. The molecule has 4 heteroatoms. The summed E-state index contributed by atoms with van der Waals surface area (Å²) in [6.45, 7) is 12.6. The molecule has 0 aromatic carbocycles. The second-order valence-electron chi connectivity index (χ2n) is 6.88. The molecule has 0 radical (unpaired) electrons. The van der Waals surface area contributed by atoms with E-state index in [-0.39, 0.29) is 6.10 Å². The van der Waals surface area contributed by atoms with E-state index in [9.17, 15) is 5.11 Å². The molecule has 1 unspecified atom stereocenters. The molecule has 2 atom stereocenters. The van der Waals surface area contributed by atoms with Crippen molar-refractivity contribution in [3.8, 4) is 0 Å². The lowest BCUT2D eigenvalue weighted by molar-refractivity contribution is 0.0157. The Morgan fingerprint density at radius 1 is 1.39 bits per heavy atom. The molecule has 0 saturated carbocycles. The molecular formula is C14H31NO2Si. The van der Waals surface area contributed by atoms with Crippen LogP contribution in [0.5, 0.6) is 0 Å². The van der Waals surface area contributed by atoms with Crippen molar-refractivity contribution in [3.63, 3.8) is 0 Å². The molecule has 0 amide bonds. The van der Waals surface area contributed by atoms with Gasteiger partial charge in [-0.05, 0) is 32.7 Å². The van der Waals surface area contributed by atoms with Gasteiger partial charge in [0.2, 0.25) is 0 Å². The van der Waals surface area contributed by atoms with Crippen LogP contribution >= 0.6 is 0 Å². The first-order valence-corrected chi connectivity index (χ1v) is 11.1. The summed E-state index contributed by atoms with van der Waals surface area (Å²) in [5, 5.41) is 9.93. The molecule has 1 saturated heterocycles. The van der Waals surface area contributed by atoms with Crippen molar-refractivity contribution in [1.82, 2.24) is 4.90 Å². The average Bonchev–Trinajstić information content (AvgIpc) is 2.62. The summed E-state index contributed by atoms with van der Waals surface area (Å²) in [7, 11) is -0.924. The van der Waals surface area contributed by atoms with Gasteiger partial charge in [-0.3, -0.25) is 4.90 Å². The van der Waals surface area contributed by atoms with Gasteiger partial charge in [0.05, 0.1) is 12.7 Å². The highest BCUT2D eigenvalue weighted by Gasteiger charge is 2.22. The monoisotopic (exact) mass is 273 g/mol. The third kappa shape index (κ3) is 6.88. The van der Waals surface area contributed by atoms with Gasteiger partial charge < -0.3 is 9.84 Å². The normalized spacial score (nSPS) is 23.5. The van der Waals surface area contributed by atoms with Gasteiger partial charge in [-0.15, -0.1) is 0 Å². The summed E-state index contributed by atoms with van der Waals surface area (Å²) in [6.07, 6.45) is 3.36. The molecule has 0 spiro atoms. The van der Waals surface area contributed by atoms with Crippen LogP contribution in [0.2, 0.25) is 25.7 Å². The summed E-state index contributed by atoms with van der Waals surface area (Å²) in [5.74, 6) is 0. The van der Waals surface area contributed by atoms with E-state index in [0.29, 0.717) is 12.6 Å². The first-order valence-electron chi connectivity index (χ1n) is 7.38. The zero-order chi connectivity index (χ0) is 13.6. The Morgan fingerprint density at radius 3 is 2.67 bits per heavy atom. The molecule has 1 aliphatic heterocycles. The molecule has 1 rings (SSSR count). The fourth-order valence-electron chi connectivity index (χ4n) is 2.51. The van der Waals surface area contributed by atoms with Gasteiger partial charge >= 0.3 is 0 Å². The topological polar surface area (TPSA) is 32.7 Å². The van der Waals surface area contributed by atoms with Crippen LogP contribution in [0, 0.1) is 0 Å². The van der Waals surface area contributed by atoms with E-state index >= 15 is 0 Å². The first kappa shape index (κ1) is 16.2. The van der Waals surface area contributed by atoms with Crippen molar-refractivity contribution in [2.45, 2.75) is 64.0 Å². The number of hydrogen-bond acceptors (Lipinski definition) is 3. The van der Waals surface area contributed by atoms with Gasteiger partial charge in [-0.2, -0.15) is 0 Å². The van der Waals surface area contributed by atoms with Gasteiger partial charge in [0.15, 0.2) is 0 Å². The highest BCUT2D eigenvalue weighted by atomic mass is 28.3. The van der Waals surface area contributed by atoms with Gasteiger partial charge in [-0.25, -0.2) is 0 Å². The molecule has 0 bridgehead atoms. The standard InChI is InChI=1S/C14H31NO2Si/c1-13-7-5-8-15(13)11-14(16)12-17-9-6-10-18(2,3)4/h13-14,16H,5-12H2,1-4H3/t13-,14?/m0/s1. The number of nitrogens with zero attached hydrogens (tertiary/aromatic N) is 1. The summed E-state index contributed by atoms with van der Waals surface area (Å²) in [5.41, 5.74) is 0. The van der Waals surface area contributed by atoms with Crippen molar-refractivity contribution >= 4 is 8.07 Å². The molecule has 0 aliphatic carbocycles. The molecule has 1 heterocycles. The minimum absolute atomic E-state index is 0.322. The van der Waals surface area contributed by atoms with Crippen molar-refractivity contribution in [3.05, 3.63) is 0 Å². The highest BCUT2D eigenvalue weighted by molar-refractivity contribution is 6.76. The molecule has 1 aliphatic rings. The van der Waals surface area contributed by atoms with Crippen molar-refractivity contribution < 1.29 is 9.84 Å². The van der Waals surface area contributed by atoms with Gasteiger partial charge in [0, 0.05) is 27.3 Å². The van der Waals surface area contributed by atoms with Gasteiger partial charge in [0.1, 0.15) is 0 Å². The summed E-state index contributed by atoms with van der Waals surface area (Å²) < 4.78 is 5.58. The first-order chi connectivity index (χ1) is 8.38. The Bertz CT molecular complexity index is 230. The highest BCUT2D eigenvalue weighted by Crippen LogP contribution is 2.16. The van der Waals surface area contributed by atoms with E-state index in [1.165, 1.54) is 18.9 Å². The number of aliphatic hydroxyl groups is 1. The average molecular weight is 273 g/mol. The molecule has 1 N–H and O–H groups in total. The fraction of sp³-hybridized carbons (Fsp3) is 1.00. The SMILES string of the molecule is C[C@H]1CCCN1CC(O)COCCC[Si](C)(C)C. The lowest BCUT2D eigenvalue weighted by Gasteiger charge is -2.24.